The molecule has 1 aliphatic heterocycles. The summed E-state index contributed by atoms with van der Waals surface area (Å²) >= 11 is 0. The maximum Gasteiger partial charge on any atom is 0.222 e. The van der Waals surface area contributed by atoms with Crippen molar-refractivity contribution in [3.05, 3.63) is 41.5 Å². The van der Waals surface area contributed by atoms with Crippen LogP contribution in [-0.4, -0.2) is 47.1 Å². The van der Waals surface area contributed by atoms with Crippen LogP contribution in [0.2, 0.25) is 0 Å². The maximum absolute atomic E-state index is 12.3. The summed E-state index contributed by atoms with van der Waals surface area (Å²) in [5.41, 5.74) is 2.20. The molecule has 5 heteroatoms. The van der Waals surface area contributed by atoms with Crippen LogP contribution in [-0.2, 0) is 9.59 Å². The molecule has 5 nitrogen and oxygen atoms in total. The predicted octanol–water partition coefficient (Wildman–Crippen LogP) is 2.31. The van der Waals surface area contributed by atoms with Crippen LogP contribution in [0, 0.1) is 0 Å². The molecule has 1 aliphatic rings. The molecule has 3 atom stereocenters. The number of allylic oxidation sites excluding steroid dienone is 1. The van der Waals surface area contributed by atoms with Crippen LogP contribution in [0.4, 0.5) is 0 Å². The summed E-state index contributed by atoms with van der Waals surface area (Å²) in [5, 5.41) is 12.7. The fourth-order valence-corrected chi connectivity index (χ4v) is 3.54. The van der Waals surface area contributed by atoms with Crippen molar-refractivity contribution in [1.82, 2.24) is 10.2 Å². The molecule has 0 aromatic heterocycles. The lowest BCUT2D eigenvalue weighted by Crippen LogP contribution is -2.68. The fraction of sp³-hybridized carbons (Fsp3) is 0.500. The van der Waals surface area contributed by atoms with Gasteiger partial charge in [-0.15, -0.1) is 0 Å². The Morgan fingerprint density at radius 1 is 1.16 bits per heavy atom. The van der Waals surface area contributed by atoms with E-state index in [1.54, 1.807) is 11.8 Å². The second kappa shape index (κ2) is 8.81. The highest BCUT2D eigenvalue weighted by atomic mass is 16.3. The maximum atomic E-state index is 12.3. The third-order valence-electron chi connectivity index (χ3n) is 4.83. The van der Waals surface area contributed by atoms with Crippen molar-refractivity contribution in [2.45, 2.75) is 51.6 Å². The summed E-state index contributed by atoms with van der Waals surface area (Å²) in [4.78, 5) is 25.7. The van der Waals surface area contributed by atoms with Crippen molar-refractivity contribution in [3.63, 3.8) is 0 Å². The van der Waals surface area contributed by atoms with Gasteiger partial charge in [0.25, 0.3) is 0 Å². The minimum absolute atomic E-state index is 0.0107. The summed E-state index contributed by atoms with van der Waals surface area (Å²) in [5.74, 6) is 0.00687. The Bertz CT molecular complexity index is 624. The summed E-state index contributed by atoms with van der Waals surface area (Å²) in [7, 11) is 0. The Morgan fingerprint density at radius 2 is 1.84 bits per heavy atom. The number of aliphatic hydroxyl groups is 1. The molecular weight excluding hydrogens is 316 g/mol. The topological polar surface area (TPSA) is 69.6 Å². The second-order valence-electron chi connectivity index (χ2n) is 6.32. The predicted molar refractivity (Wildman–Crippen MR) is 99.0 cm³/mol. The molecule has 0 radical (unpaired) electrons. The van der Waals surface area contributed by atoms with E-state index in [0.717, 1.165) is 11.1 Å². The molecule has 0 saturated carbocycles. The average Bonchev–Trinajstić information content (AvgIpc) is 2.62. The summed E-state index contributed by atoms with van der Waals surface area (Å²) in [6.45, 7) is 5.93. The summed E-state index contributed by atoms with van der Waals surface area (Å²) in [6.07, 6.45) is 4.82. The molecule has 1 aromatic rings. The van der Waals surface area contributed by atoms with E-state index in [4.69, 9.17) is 0 Å². The molecule has 0 unspecified atom stereocenters. The SMILES string of the molecule is C/C=C/c1ccc([C@H]2[C@@H](CO)N(C(=O)CC)[C@H]2CNC(=O)CC)cc1. The molecular formula is C20H28N2O3. The van der Waals surface area contributed by atoms with E-state index >= 15 is 0 Å². The van der Waals surface area contributed by atoms with Gasteiger partial charge < -0.3 is 15.3 Å². The number of hydrogen-bond acceptors (Lipinski definition) is 3. The Morgan fingerprint density at radius 3 is 2.36 bits per heavy atom. The number of carbonyl (C=O) groups excluding carboxylic acids is 2. The molecule has 1 heterocycles. The number of carbonyl (C=O) groups is 2. The van der Waals surface area contributed by atoms with Gasteiger partial charge in [-0.05, 0) is 18.1 Å². The number of benzene rings is 1. The number of likely N-dealkylation sites (tertiary alicyclic amines) is 1. The lowest BCUT2D eigenvalue weighted by molar-refractivity contribution is -0.150. The number of rotatable bonds is 7. The summed E-state index contributed by atoms with van der Waals surface area (Å²) < 4.78 is 0. The Balaban J connectivity index is 2.24. The summed E-state index contributed by atoms with van der Waals surface area (Å²) in [6, 6.07) is 7.82. The Kier molecular flexibility index (Phi) is 6.76. The zero-order valence-electron chi connectivity index (χ0n) is 15.2. The van der Waals surface area contributed by atoms with Crippen molar-refractivity contribution in [3.8, 4) is 0 Å². The number of hydrogen-bond donors (Lipinski definition) is 2. The Labute approximate surface area is 149 Å². The van der Waals surface area contributed by atoms with E-state index in [-0.39, 0.29) is 36.4 Å². The normalized spacial score (nSPS) is 22.7. The molecule has 1 fully saturated rings. The van der Waals surface area contributed by atoms with Gasteiger partial charge >= 0.3 is 0 Å². The van der Waals surface area contributed by atoms with Gasteiger partial charge in [0.1, 0.15) is 0 Å². The van der Waals surface area contributed by atoms with Gasteiger partial charge in [-0.3, -0.25) is 9.59 Å². The van der Waals surface area contributed by atoms with Gasteiger partial charge in [0.15, 0.2) is 0 Å². The first-order chi connectivity index (χ1) is 12.1. The molecule has 0 spiro atoms. The van der Waals surface area contributed by atoms with Gasteiger partial charge in [0.05, 0.1) is 18.7 Å². The van der Waals surface area contributed by atoms with E-state index in [2.05, 4.69) is 5.32 Å². The van der Waals surface area contributed by atoms with Crippen LogP contribution >= 0.6 is 0 Å². The quantitative estimate of drug-likeness (QED) is 0.797. The lowest BCUT2D eigenvalue weighted by Gasteiger charge is -2.55. The lowest BCUT2D eigenvalue weighted by atomic mass is 9.74. The monoisotopic (exact) mass is 344 g/mol. The molecule has 1 saturated heterocycles. The Hall–Kier alpha value is -2.14. The molecule has 136 valence electrons. The van der Waals surface area contributed by atoms with E-state index in [9.17, 15) is 14.7 Å². The van der Waals surface area contributed by atoms with E-state index in [1.807, 2.05) is 50.3 Å². The molecule has 2 rings (SSSR count). The number of amides is 2. The molecule has 0 aliphatic carbocycles. The van der Waals surface area contributed by atoms with Crippen molar-refractivity contribution >= 4 is 17.9 Å². The van der Waals surface area contributed by atoms with Crippen molar-refractivity contribution in [2.24, 2.45) is 0 Å². The first kappa shape index (κ1) is 19.2. The average molecular weight is 344 g/mol. The van der Waals surface area contributed by atoms with Gasteiger partial charge in [-0.25, -0.2) is 0 Å². The highest BCUT2D eigenvalue weighted by Crippen LogP contribution is 2.40. The third kappa shape index (κ3) is 4.10. The molecule has 0 bridgehead atoms. The largest absolute Gasteiger partial charge is 0.394 e. The van der Waals surface area contributed by atoms with Crippen LogP contribution in [0.25, 0.3) is 6.08 Å². The van der Waals surface area contributed by atoms with Gasteiger partial charge in [0.2, 0.25) is 11.8 Å². The smallest absolute Gasteiger partial charge is 0.222 e. The standard InChI is InChI=1S/C20H28N2O3/c1-4-7-14-8-10-15(11-9-14)20-16(12-21-18(24)5-2)22(17(20)13-23)19(25)6-3/h4,7-11,16-17,20,23H,5-6,12-13H2,1-3H3,(H,21,24)/b7-4+/t16-,17+,20+/m0/s1. The van der Waals surface area contributed by atoms with E-state index < -0.39 is 0 Å². The third-order valence-corrected chi connectivity index (χ3v) is 4.83. The van der Waals surface area contributed by atoms with Crippen LogP contribution in [0.15, 0.2) is 30.3 Å². The molecule has 1 aromatic carbocycles. The zero-order chi connectivity index (χ0) is 18.4. The van der Waals surface area contributed by atoms with Crippen molar-refractivity contribution < 1.29 is 14.7 Å². The van der Waals surface area contributed by atoms with Crippen LogP contribution in [0.5, 0.6) is 0 Å². The van der Waals surface area contributed by atoms with Crippen LogP contribution < -0.4 is 5.32 Å². The first-order valence-corrected chi connectivity index (χ1v) is 8.98. The van der Waals surface area contributed by atoms with Gasteiger partial charge in [-0.2, -0.15) is 0 Å². The van der Waals surface area contributed by atoms with E-state index in [0.29, 0.717) is 19.4 Å². The zero-order valence-corrected chi connectivity index (χ0v) is 15.2. The second-order valence-corrected chi connectivity index (χ2v) is 6.32. The van der Waals surface area contributed by atoms with Crippen LogP contribution in [0.1, 0.15) is 50.7 Å². The number of nitrogens with zero attached hydrogens (tertiary/aromatic N) is 1. The molecule has 25 heavy (non-hydrogen) atoms. The number of nitrogens with one attached hydrogen (secondary N) is 1. The van der Waals surface area contributed by atoms with Crippen molar-refractivity contribution in [1.29, 1.82) is 0 Å². The minimum atomic E-state index is -0.233. The first-order valence-electron chi connectivity index (χ1n) is 8.98. The minimum Gasteiger partial charge on any atom is -0.394 e. The van der Waals surface area contributed by atoms with Crippen molar-refractivity contribution in [2.75, 3.05) is 13.2 Å². The van der Waals surface area contributed by atoms with Gasteiger partial charge in [0, 0.05) is 25.3 Å². The highest BCUT2D eigenvalue weighted by Gasteiger charge is 2.50. The number of aliphatic hydroxyl groups excluding tert-OH is 1. The van der Waals surface area contributed by atoms with Gasteiger partial charge in [-0.1, -0.05) is 50.3 Å². The van der Waals surface area contributed by atoms with E-state index in [1.165, 1.54) is 0 Å². The van der Waals surface area contributed by atoms with Crippen LogP contribution in [0.3, 0.4) is 0 Å². The molecule has 2 N–H and O–H groups in total. The fourth-order valence-electron chi connectivity index (χ4n) is 3.54. The highest BCUT2D eigenvalue weighted by molar-refractivity contribution is 5.79. The molecule has 2 amide bonds.